The van der Waals surface area contributed by atoms with E-state index in [1.807, 2.05) is 6.92 Å². The highest BCUT2D eigenvalue weighted by atomic mass is 16.6. The van der Waals surface area contributed by atoms with E-state index in [2.05, 4.69) is 4.74 Å². The van der Waals surface area contributed by atoms with Crippen LogP contribution in [0.3, 0.4) is 0 Å². The van der Waals surface area contributed by atoms with Gasteiger partial charge in [0.05, 0.1) is 12.5 Å². The van der Waals surface area contributed by atoms with E-state index in [-0.39, 0.29) is 19.2 Å². The molecule has 0 aromatic heterocycles. The van der Waals surface area contributed by atoms with E-state index in [1.54, 1.807) is 13.8 Å². The Balaban J connectivity index is 4.18. The Morgan fingerprint density at radius 2 is 1.30 bits per heavy atom. The molecule has 116 valence electrons. The number of carbonyl (C=O) groups is 3. The fraction of sp³-hybridized carbons (Fsp3) is 0.786. The van der Waals surface area contributed by atoms with Gasteiger partial charge in [-0.1, -0.05) is 6.92 Å². The zero-order chi connectivity index (χ0) is 16.0. The first-order chi connectivity index (χ1) is 9.09. The molecule has 0 heterocycles. The lowest BCUT2D eigenvalue weighted by Gasteiger charge is -2.21. The fourth-order valence-electron chi connectivity index (χ4n) is 1.13. The van der Waals surface area contributed by atoms with E-state index in [9.17, 15) is 14.4 Å². The van der Waals surface area contributed by atoms with Gasteiger partial charge in [0.25, 0.3) is 0 Å². The Bertz CT molecular complexity index is 370. The molecule has 0 atom stereocenters. The fourth-order valence-corrected chi connectivity index (χ4v) is 1.13. The second-order valence-electron chi connectivity index (χ2n) is 5.63. The number of hydrogen-bond donors (Lipinski definition) is 0. The van der Waals surface area contributed by atoms with Gasteiger partial charge in [-0.15, -0.1) is 0 Å². The van der Waals surface area contributed by atoms with Gasteiger partial charge in [-0.2, -0.15) is 0 Å². The van der Waals surface area contributed by atoms with Crippen LogP contribution < -0.4 is 0 Å². The molecule has 0 bridgehead atoms. The molecule has 0 aliphatic carbocycles. The molecule has 0 fully saturated rings. The lowest BCUT2D eigenvalue weighted by molar-refractivity contribution is -0.171. The number of carbonyl (C=O) groups excluding carboxylic acids is 3. The number of rotatable bonds is 7. The number of methoxy groups -OCH3 is 1. The summed E-state index contributed by atoms with van der Waals surface area (Å²) in [6.45, 7) is 8.14. The predicted octanol–water partition coefficient (Wildman–Crippen LogP) is 1.71. The molecule has 0 saturated heterocycles. The van der Waals surface area contributed by atoms with Crippen LogP contribution in [0.1, 0.15) is 41.0 Å². The van der Waals surface area contributed by atoms with Gasteiger partial charge in [-0.25, -0.2) is 0 Å². The summed E-state index contributed by atoms with van der Waals surface area (Å²) in [6, 6.07) is 0. The highest BCUT2D eigenvalue weighted by molar-refractivity contribution is 5.99. The van der Waals surface area contributed by atoms with Crippen molar-refractivity contribution in [3.63, 3.8) is 0 Å². The minimum Gasteiger partial charge on any atom is -0.468 e. The molecule has 0 aliphatic rings. The second-order valence-corrected chi connectivity index (χ2v) is 5.63. The topological polar surface area (TPSA) is 78.9 Å². The molecule has 0 amide bonds. The minimum atomic E-state index is -1.37. The monoisotopic (exact) mass is 288 g/mol. The maximum Gasteiger partial charge on any atom is 0.323 e. The molecule has 0 saturated carbocycles. The van der Waals surface area contributed by atoms with Gasteiger partial charge in [0.1, 0.15) is 13.2 Å². The Morgan fingerprint density at radius 3 is 1.70 bits per heavy atom. The van der Waals surface area contributed by atoms with E-state index in [0.29, 0.717) is 6.42 Å². The van der Waals surface area contributed by atoms with Gasteiger partial charge in [0, 0.05) is 0 Å². The lowest BCUT2D eigenvalue weighted by Crippen LogP contribution is -2.36. The SMILES string of the molecule is CCC(C)(C)C(=O)OCCOC(=O)C(C)(C)C(=O)OC. The molecule has 0 aromatic carbocycles. The third-order valence-corrected chi connectivity index (χ3v) is 3.19. The van der Waals surface area contributed by atoms with Crippen molar-refractivity contribution in [1.29, 1.82) is 0 Å². The zero-order valence-corrected chi connectivity index (χ0v) is 13.1. The van der Waals surface area contributed by atoms with Crippen LogP contribution in [-0.4, -0.2) is 38.2 Å². The molecule has 6 nitrogen and oxygen atoms in total. The highest BCUT2D eigenvalue weighted by Crippen LogP contribution is 2.21. The predicted molar refractivity (Wildman–Crippen MR) is 71.8 cm³/mol. The van der Waals surface area contributed by atoms with Crippen LogP contribution in [0.4, 0.5) is 0 Å². The molecule has 20 heavy (non-hydrogen) atoms. The van der Waals surface area contributed by atoms with Gasteiger partial charge in [-0.3, -0.25) is 14.4 Å². The maximum absolute atomic E-state index is 11.7. The average Bonchev–Trinajstić information content (AvgIpc) is 2.41. The first kappa shape index (κ1) is 18.4. The Kier molecular flexibility index (Phi) is 6.68. The zero-order valence-electron chi connectivity index (χ0n) is 13.1. The average molecular weight is 288 g/mol. The number of hydrogen-bond acceptors (Lipinski definition) is 6. The van der Waals surface area contributed by atoms with Crippen LogP contribution in [0.2, 0.25) is 0 Å². The first-order valence-electron chi connectivity index (χ1n) is 6.52. The quantitative estimate of drug-likeness (QED) is 0.307. The van der Waals surface area contributed by atoms with Crippen molar-refractivity contribution in [2.45, 2.75) is 41.0 Å². The van der Waals surface area contributed by atoms with Gasteiger partial charge >= 0.3 is 17.9 Å². The minimum absolute atomic E-state index is 0.0365. The summed E-state index contributed by atoms with van der Waals surface area (Å²) in [5, 5.41) is 0. The summed E-state index contributed by atoms with van der Waals surface area (Å²) in [4.78, 5) is 34.7. The largest absolute Gasteiger partial charge is 0.468 e. The Hall–Kier alpha value is -1.59. The van der Waals surface area contributed by atoms with Crippen molar-refractivity contribution in [3.05, 3.63) is 0 Å². The molecule has 0 aliphatic heterocycles. The van der Waals surface area contributed by atoms with Crippen molar-refractivity contribution >= 4 is 17.9 Å². The summed E-state index contributed by atoms with van der Waals surface area (Å²) < 4.78 is 14.4. The van der Waals surface area contributed by atoms with Crippen molar-refractivity contribution in [2.75, 3.05) is 20.3 Å². The maximum atomic E-state index is 11.7. The Labute approximate surface area is 119 Å². The van der Waals surface area contributed by atoms with Crippen LogP contribution in [0.5, 0.6) is 0 Å². The smallest absolute Gasteiger partial charge is 0.323 e. The van der Waals surface area contributed by atoms with Gasteiger partial charge in [0.15, 0.2) is 5.41 Å². The summed E-state index contributed by atoms with van der Waals surface area (Å²) in [7, 11) is 1.20. The molecule has 0 radical (unpaired) electrons. The van der Waals surface area contributed by atoms with Crippen LogP contribution in [0.15, 0.2) is 0 Å². The van der Waals surface area contributed by atoms with Crippen molar-refractivity contribution < 1.29 is 28.6 Å². The normalized spacial score (nSPS) is 11.7. The summed E-state index contributed by atoms with van der Waals surface area (Å²) in [6.07, 6.45) is 0.654. The van der Waals surface area contributed by atoms with Gasteiger partial charge in [0.2, 0.25) is 0 Å². The number of ether oxygens (including phenoxy) is 3. The van der Waals surface area contributed by atoms with Crippen LogP contribution in [0.25, 0.3) is 0 Å². The van der Waals surface area contributed by atoms with Gasteiger partial charge in [-0.05, 0) is 34.1 Å². The van der Waals surface area contributed by atoms with Crippen LogP contribution >= 0.6 is 0 Å². The second kappa shape index (κ2) is 7.26. The highest BCUT2D eigenvalue weighted by Gasteiger charge is 2.39. The summed E-state index contributed by atoms with van der Waals surface area (Å²) in [5.41, 5.74) is -1.93. The van der Waals surface area contributed by atoms with E-state index in [4.69, 9.17) is 9.47 Å². The van der Waals surface area contributed by atoms with Crippen LogP contribution in [0, 0.1) is 10.8 Å². The third-order valence-electron chi connectivity index (χ3n) is 3.19. The van der Waals surface area contributed by atoms with Crippen LogP contribution in [-0.2, 0) is 28.6 Å². The lowest BCUT2D eigenvalue weighted by atomic mass is 9.91. The molecule has 0 aromatic rings. The molecule has 0 spiro atoms. The standard InChI is InChI=1S/C14H24O6/c1-7-13(2,3)10(15)19-8-9-20-12(17)14(4,5)11(16)18-6/h7-9H2,1-6H3. The third kappa shape index (κ3) is 4.83. The molecule has 0 unspecified atom stereocenters. The van der Waals surface area contributed by atoms with Crippen molar-refractivity contribution in [2.24, 2.45) is 10.8 Å². The number of esters is 3. The Morgan fingerprint density at radius 1 is 0.850 bits per heavy atom. The molecular weight excluding hydrogens is 264 g/mol. The van der Waals surface area contributed by atoms with Crippen molar-refractivity contribution in [1.82, 2.24) is 0 Å². The summed E-state index contributed by atoms with van der Waals surface area (Å²) >= 11 is 0. The van der Waals surface area contributed by atoms with E-state index < -0.39 is 22.8 Å². The van der Waals surface area contributed by atoms with E-state index in [0.717, 1.165) is 0 Å². The summed E-state index contributed by atoms with van der Waals surface area (Å²) in [5.74, 6) is -1.73. The van der Waals surface area contributed by atoms with Crippen molar-refractivity contribution in [3.8, 4) is 0 Å². The van der Waals surface area contributed by atoms with E-state index in [1.165, 1.54) is 21.0 Å². The first-order valence-corrected chi connectivity index (χ1v) is 6.52. The molecule has 0 N–H and O–H groups in total. The van der Waals surface area contributed by atoms with Gasteiger partial charge < -0.3 is 14.2 Å². The van der Waals surface area contributed by atoms with E-state index >= 15 is 0 Å². The molecule has 0 rings (SSSR count). The molecule has 6 heteroatoms. The molecular formula is C14H24O6.